The maximum absolute atomic E-state index is 11.4. The molecule has 7 heteroatoms. The summed E-state index contributed by atoms with van der Waals surface area (Å²) in [5.41, 5.74) is 0. The van der Waals surface area contributed by atoms with Gasteiger partial charge in [-0.15, -0.1) is 0 Å². The highest BCUT2D eigenvalue weighted by Gasteiger charge is 2.27. The second kappa shape index (κ2) is 5.11. The quantitative estimate of drug-likeness (QED) is 0.683. The molecule has 1 rings (SSSR count). The maximum atomic E-state index is 11.4. The average Bonchev–Trinajstić information content (AvgIpc) is 2.17. The second-order valence-electron chi connectivity index (χ2n) is 4.35. The minimum atomic E-state index is -3.42. The molecule has 1 heterocycles. The number of hydrogen-bond acceptors (Lipinski definition) is 4. The van der Waals surface area contributed by atoms with E-state index in [1.54, 1.807) is 14.1 Å². The fourth-order valence-electron chi connectivity index (χ4n) is 1.73. The van der Waals surface area contributed by atoms with Crippen molar-refractivity contribution in [3.05, 3.63) is 0 Å². The SMILES string of the molecule is CN(C)C(=O)CN1CCC(S(N)(=O)=O)CC1. The number of amides is 1. The zero-order chi connectivity index (χ0) is 12.3. The fourth-order valence-corrected chi connectivity index (χ4v) is 2.60. The molecule has 0 saturated carbocycles. The highest BCUT2D eigenvalue weighted by molar-refractivity contribution is 7.89. The van der Waals surface area contributed by atoms with Gasteiger partial charge in [-0.1, -0.05) is 0 Å². The topological polar surface area (TPSA) is 83.7 Å². The van der Waals surface area contributed by atoms with Gasteiger partial charge in [0, 0.05) is 14.1 Å². The van der Waals surface area contributed by atoms with Crippen molar-refractivity contribution in [2.45, 2.75) is 18.1 Å². The fraction of sp³-hybridized carbons (Fsp3) is 0.889. The predicted molar refractivity (Wildman–Crippen MR) is 61.3 cm³/mol. The van der Waals surface area contributed by atoms with E-state index in [1.165, 1.54) is 4.90 Å². The second-order valence-corrected chi connectivity index (χ2v) is 6.20. The Morgan fingerprint density at radius 1 is 1.38 bits per heavy atom. The lowest BCUT2D eigenvalue weighted by atomic mass is 10.1. The Hall–Kier alpha value is -0.660. The molecule has 0 aromatic carbocycles. The molecule has 0 aliphatic carbocycles. The van der Waals surface area contributed by atoms with E-state index in [0.29, 0.717) is 32.5 Å². The molecule has 1 amide bonds. The third kappa shape index (κ3) is 3.73. The molecule has 94 valence electrons. The number of sulfonamides is 1. The monoisotopic (exact) mass is 249 g/mol. The van der Waals surface area contributed by atoms with Crippen LogP contribution >= 0.6 is 0 Å². The molecule has 0 unspecified atom stereocenters. The molecule has 2 N–H and O–H groups in total. The van der Waals surface area contributed by atoms with Gasteiger partial charge in [0.05, 0.1) is 11.8 Å². The van der Waals surface area contributed by atoms with Gasteiger partial charge < -0.3 is 4.90 Å². The van der Waals surface area contributed by atoms with E-state index in [9.17, 15) is 13.2 Å². The van der Waals surface area contributed by atoms with Crippen LogP contribution in [0.4, 0.5) is 0 Å². The van der Waals surface area contributed by atoms with Crippen LogP contribution in [0, 0.1) is 0 Å². The summed E-state index contributed by atoms with van der Waals surface area (Å²) in [6.45, 7) is 1.58. The van der Waals surface area contributed by atoms with Crippen LogP contribution in [0.15, 0.2) is 0 Å². The predicted octanol–water partition coefficient (Wildman–Crippen LogP) is -1.17. The van der Waals surface area contributed by atoms with Crippen molar-refractivity contribution < 1.29 is 13.2 Å². The van der Waals surface area contributed by atoms with E-state index in [1.807, 2.05) is 4.90 Å². The molecule has 6 nitrogen and oxygen atoms in total. The molecule has 0 radical (unpaired) electrons. The van der Waals surface area contributed by atoms with E-state index >= 15 is 0 Å². The van der Waals surface area contributed by atoms with Crippen LogP contribution in [0.3, 0.4) is 0 Å². The number of carbonyl (C=O) groups is 1. The van der Waals surface area contributed by atoms with Crippen molar-refractivity contribution in [2.24, 2.45) is 5.14 Å². The van der Waals surface area contributed by atoms with Crippen LogP contribution in [-0.4, -0.2) is 63.1 Å². The van der Waals surface area contributed by atoms with Gasteiger partial charge in [0.25, 0.3) is 0 Å². The van der Waals surface area contributed by atoms with Crippen molar-refractivity contribution in [2.75, 3.05) is 33.7 Å². The molecule has 0 aromatic rings. The number of likely N-dealkylation sites (N-methyl/N-ethyl adjacent to an activating group) is 1. The van der Waals surface area contributed by atoms with Crippen LogP contribution in [0.25, 0.3) is 0 Å². The van der Waals surface area contributed by atoms with Crippen LogP contribution in [-0.2, 0) is 14.8 Å². The normalized spacial score (nSPS) is 19.7. The van der Waals surface area contributed by atoms with Crippen LogP contribution in [0.2, 0.25) is 0 Å². The number of hydrogen-bond donors (Lipinski definition) is 1. The van der Waals surface area contributed by atoms with Gasteiger partial charge in [0.2, 0.25) is 15.9 Å². The van der Waals surface area contributed by atoms with E-state index < -0.39 is 15.3 Å². The first kappa shape index (κ1) is 13.4. The Kier molecular flexibility index (Phi) is 4.28. The van der Waals surface area contributed by atoms with E-state index in [0.717, 1.165) is 0 Å². The smallest absolute Gasteiger partial charge is 0.236 e. The Morgan fingerprint density at radius 3 is 2.25 bits per heavy atom. The summed E-state index contributed by atoms with van der Waals surface area (Å²) in [6.07, 6.45) is 1.03. The summed E-state index contributed by atoms with van der Waals surface area (Å²) >= 11 is 0. The lowest BCUT2D eigenvalue weighted by molar-refractivity contribution is -0.130. The highest BCUT2D eigenvalue weighted by atomic mass is 32.2. The molecule has 16 heavy (non-hydrogen) atoms. The summed E-state index contributed by atoms with van der Waals surface area (Å²) < 4.78 is 22.2. The van der Waals surface area contributed by atoms with E-state index in [-0.39, 0.29) is 5.91 Å². The van der Waals surface area contributed by atoms with Gasteiger partial charge in [-0.3, -0.25) is 9.69 Å². The molecule has 1 fully saturated rings. The summed E-state index contributed by atoms with van der Waals surface area (Å²) in [5, 5.41) is 4.64. The molecular formula is C9H19N3O3S. The van der Waals surface area contributed by atoms with Crippen LogP contribution in [0.1, 0.15) is 12.8 Å². The molecule has 1 saturated heterocycles. The summed E-state index contributed by atoms with van der Waals surface area (Å²) in [6, 6.07) is 0. The van der Waals surface area contributed by atoms with Crippen molar-refractivity contribution in [3.63, 3.8) is 0 Å². The Labute approximate surface area is 96.4 Å². The van der Waals surface area contributed by atoms with Crippen LogP contribution in [0.5, 0.6) is 0 Å². The van der Waals surface area contributed by atoms with Crippen molar-refractivity contribution in [1.29, 1.82) is 0 Å². The standard InChI is InChI=1S/C9H19N3O3S/c1-11(2)9(13)7-12-5-3-8(4-6-12)16(10,14)15/h8H,3-7H2,1-2H3,(H2,10,14,15). The van der Waals surface area contributed by atoms with E-state index in [4.69, 9.17) is 5.14 Å². The zero-order valence-electron chi connectivity index (χ0n) is 9.72. The molecule has 1 aliphatic heterocycles. The maximum Gasteiger partial charge on any atom is 0.236 e. The van der Waals surface area contributed by atoms with Crippen molar-refractivity contribution in [3.8, 4) is 0 Å². The lowest BCUT2D eigenvalue weighted by Gasteiger charge is -2.30. The molecule has 0 spiro atoms. The summed E-state index contributed by atoms with van der Waals surface area (Å²) in [7, 11) is -0.000589. The molecule has 0 bridgehead atoms. The van der Waals surface area contributed by atoms with Gasteiger partial charge in [0.1, 0.15) is 0 Å². The molecule has 1 aliphatic rings. The highest BCUT2D eigenvalue weighted by Crippen LogP contribution is 2.15. The third-order valence-corrected chi connectivity index (χ3v) is 4.26. The Morgan fingerprint density at radius 2 is 1.88 bits per heavy atom. The first-order valence-electron chi connectivity index (χ1n) is 5.25. The molecule has 0 atom stereocenters. The Balaban J connectivity index is 2.41. The number of piperidine rings is 1. The van der Waals surface area contributed by atoms with Gasteiger partial charge in [0.15, 0.2) is 0 Å². The number of rotatable bonds is 3. The molecule has 0 aromatic heterocycles. The van der Waals surface area contributed by atoms with Gasteiger partial charge in [-0.25, -0.2) is 13.6 Å². The van der Waals surface area contributed by atoms with Gasteiger partial charge in [-0.2, -0.15) is 0 Å². The van der Waals surface area contributed by atoms with Gasteiger partial charge >= 0.3 is 0 Å². The largest absolute Gasteiger partial charge is 0.348 e. The number of carbonyl (C=O) groups excluding carboxylic acids is 1. The summed E-state index contributed by atoms with van der Waals surface area (Å²) in [5.74, 6) is 0.0362. The van der Waals surface area contributed by atoms with Crippen LogP contribution < -0.4 is 5.14 Å². The first-order chi connectivity index (χ1) is 7.30. The number of likely N-dealkylation sites (tertiary alicyclic amines) is 1. The first-order valence-corrected chi connectivity index (χ1v) is 6.86. The van der Waals surface area contributed by atoms with Gasteiger partial charge in [-0.05, 0) is 25.9 Å². The summed E-state index contributed by atoms with van der Waals surface area (Å²) in [4.78, 5) is 14.9. The Bertz CT molecular complexity index is 345. The van der Waals surface area contributed by atoms with Crippen molar-refractivity contribution in [1.82, 2.24) is 9.80 Å². The number of nitrogens with two attached hydrogens (primary N) is 1. The number of primary sulfonamides is 1. The number of nitrogens with zero attached hydrogens (tertiary/aromatic N) is 2. The average molecular weight is 249 g/mol. The van der Waals surface area contributed by atoms with Crippen molar-refractivity contribution >= 4 is 15.9 Å². The zero-order valence-corrected chi connectivity index (χ0v) is 10.5. The van der Waals surface area contributed by atoms with E-state index in [2.05, 4.69) is 0 Å². The minimum absolute atomic E-state index is 0.0362. The third-order valence-electron chi connectivity index (χ3n) is 2.86. The minimum Gasteiger partial charge on any atom is -0.348 e. The lowest BCUT2D eigenvalue weighted by Crippen LogP contribution is -2.45. The molecular weight excluding hydrogens is 230 g/mol.